The molecule has 1 aliphatic carbocycles. The summed E-state index contributed by atoms with van der Waals surface area (Å²) in [4.78, 5) is 18.8. The first-order valence-corrected chi connectivity index (χ1v) is 7.61. The van der Waals surface area contributed by atoms with E-state index in [0.717, 1.165) is 31.5 Å². The van der Waals surface area contributed by atoms with E-state index in [2.05, 4.69) is 9.88 Å². The van der Waals surface area contributed by atoms with E-state index in [-0.39, 0.29) is 18.0 Å². The summed E-state index contributed by atoms with van der Waals surface area (Å²) in [6, 6.07) is 0.395. The van der Waals surface area contributed by atoms with E-state index in [4.69, 9.17) is 0 Å². The highest BCUT2D eigenvalue weighted by atomic mass is 16.3. The summed E-state index contributed by atoms with van der Waals surface area (Å²) in [5.41, 5.74) is -0.871. The molecule has 0 spiro atoms. The third-order valence-electron chi connectivity index (χ3n) is 5.19. The van der Waals surface area contributed by atoms with E-state index in [1.54, 1.807) is 6.20 Å². The lowest BCUT2D eigenvalue weighted by molar-refractivity contribution is -0.144. The normalized spacial score (nSPS) is 36.4. The van der Waals surface area contributed by atoms with Crippen LogP contribution in [0.3, 0.4) is 0 Å². The van der Waals surface area contributed by atoms with Gasteiger partial charge in [-0.15, -0.1) is 0 Å². The molecule has 1 aromatic rings. The number of rotatable bonds is 2. The summed E-state index contributed by atoms with van der Waals surface area (Å²) in [6.45, 7) is 0. The SMILES string of the molecule is Cn1ccnc1C1(O)CC2CCC(C1)N2C(=O)C1CC1. The van der Waals surface area contributed by atoms with Gasteiger partial charge in [0, 0.05) is 50.3 Å². The maximum absolute atomic E-state index is 12.4. The summed E-state index contributed by atoms with van der Waals surface area (Å²) in [5, 5.41) is 11.0. The number of hydrogen-bond acceptors (Lipinski definition) is 3. The van der Waals surface area contributed by atoms with Gasteiger partial charge in [0.1, 0.15) is 11.4 Å². The van der Waals surface area contributed by atoms with Crippen LogP contribution in [0.2, 0.25) is 0 Å². The molecule has 3 aliphatic rings. The van der Waals surface area contributed by atoms with Crippen LogP contribution in [0.15, 0.2) is 12.4 Å². The van der Waals surface area contributed by atoms with Crippen molar-refractivity contribution in [2.24, 2.45) is 13.0 Å². The largest absolute Gasteiger partial charge is 0.382 e. The smallest absolute Gasteiger partial charge is 0.226 e. The van der Waals surface area contributed by atoms with Crippen molar-refractivity contribution in [3.63, 3.8) is 0 Å². The Labute approximate surface area is 118 Å². The monoisotopic (exact) mass is 275 g/mol. The van der Waals surface area contributed by atoms with E-state index in [0.29, 0.717) is 18.7 Å². The molecule has 2 saturated heterocycles. The van der Waals surface area contributed by atoms with E-state index >= 15 is 0 Å². The molecule has 0 radical (unpaired) electrons. The van der Waals surface area contributed by atoms with Gasteiger partial charge < -0.3 is 14.6 Å². The fraction of sp³-hybridized carbons (Fsp3) is 0.733. The number of fused-ring (bicyclic) bond motifs is 2. The quantitative estimate of drug-likeness (QED) is 0.881. The van der Waals surface area contributed by atoms with Crippen LogP contribution in [0.4, 0.5) is 0 Å². The molecule has 2 unspecified atom stereocenters. The third kappa shape index (κ3) is 1.72. The molecule has 0 aromatic carbocycles. The average Bonchev–Trinajstić information content (AvgIpc) is 3.10. The number of nitrogens with zero attached hydrogens (tertiary/aromatic N) is 3. The Balaban J connectivity index is 1.61. The molecule has 3 fully saturated rings. The first-order chi connectivity index (χ1) is 9.58. The molecule has 4 rings (SSSR count). The van der Waals surface area contributed by atoms with Gasteiger partial charge in [0.05, 0.1) is 0 Å². The summed E-state index contributed by atoms with van der Waals surface area (Å²) in [7, 11) is 1.92. The van der Waals surface area contributed by atoms with Crippen LogP contribution < -0.4 is 0 Å². The maximum Gasteiger partial charge on any atom is 0.226 e. The minimum Gasteiger partial charge on any atom is -0.382 e. The van der Waals surface area contributed by atoms with Crippen LogP contribution in [-0.2, 0) is 17.4 Å². The van der Waals surface area contributed by atoms with Crippen LogP contribution in [0.5, 0.6) is 0 Å². The number of aliphatic hydroxyl groups is 1. The second-order valence-electron chi connectivity index (χ2n) is 6.71. The lowest BCUT2D eigenvalue weighted by atomic mass is 9.85. The zero-order valence-corrected chi connectivity index (χ0v) is 11.8. The van der Waals surface area contributed by atoms with Crippen LogP contribution in [0, 0.1) is 5.92 Å². The molecule has 1 saturated carbocycles. The second kappa shape index (κ2) is 4.07. The fourth-order valence-corrected chi connectivity index (χ4v) is 4.12. The van der Waals surface area contributed by atoms with Crippen LogP contribution in [0.1, 0.15) is 44.3 Å². The molecule has 5 nitrogen and oxygen atoms in total. The van der Waals surface area contributed by atoms with Gasteiger partial charge in [-0.2, -0.15) is 0 Å². The Morgan fingerprint density at radius 1 is 1.30 bits per heavy atom. The van der Waals surface area contributed by atoms with E-state index in [1.165, 1.54) is 0 Å². The standard InChI is InChI=1S/C15H21N3O2/c1-17-7-6-16-14(17)15(20)8-11-4-5-12(9-15)18(11)13(19)10-2-3-10/h6-7,10-12,20H,2-5,8-9H2,1H3. The predicted octanol–water partition coefficient (Wildman–Crippen LogP) is 1.17. The highest BCUT2D eigenvalue weighted by Crippen LogP contribution is 2.47. The summed E-state index contributed by atoms with van der Waals surface area (Å²) in [6.07, 6.45) is 9.02. The Bertz CT molecular complexity index is 535. The Kier molecular flexibility index (Phi) is 2.52. The predicted molar refractivity (Wildman–Crippen MR) is 72.7 cm³/mol. The zero-order valence-electron chi connectivity index (χ0n) is 11.8. The van der Waals surface area contributed by atoms with Crippen molar-refractivity contribution in [3.8, 4) is 0 Å². The third-order valence-corrected chi connectivity index (χ3v) is 5.19. The molecule has 108 valence electrons. The first-order valence-electron chi connectivity index (χ1n) is 7.61. The van der Waals surface area contributed by atoms with Crippen molar-refractivity contribution in [2.45, 2.75) is 56.2 Å². The van der Waals surface area contributed by atoms with Gasteiger partial charge in [-0.3, -0.25) is 4.79 Å². The lowest BCUT2D eigenvalue weighted by Gasteiger charge is -2.43. The van der Waals surface area contributed by atoms with Gasteiger partial charge in [-0.1, -0.05) is 0 Å². The molecular formula is C15H21N3O2. The van der Waals surface area contributed by atoms with Crippen LogP contribution in [0.25, 0.3) is 0 Å². The Morgan fingerprint density at radius 2 is 1.95 bits per heavy atom. The number of aryl methyl sites for hydroxylation is 1. The Morgan fingerprint density at radius 3 is 2.45 bits per heavy atom. The molecule has 3 heterocycles. The minimum atomic E-state index is -0.871. The second-order valence-corrected chi connectivity index (χ2v) is 6.71. The van der Waals surface area contributed by atoms with Crippen molar-refractivity contribution in [1.29, 1.82) is 0 Å². The number of hydrogen-bond donors (Lipinski definition) is 1. The van der Waals surface area contributed by atoms with Crippen molar-refractivity contribution in [1.82, 2.24) is 14.5 Å². The number of aromatic nitrogens is 2. The van der Waals surface area contributed by atoms with Crippen molar-refractivity contribution in [3.05, 3.63) is 18.2 Å². The number of carbonyl (C=O) groups excluding carboxylic acids is 1. The highest BCUT2D eigenvalue weighted by Gasteiger charge is 2.53. The van der Waals surface area contributed by atoms with Gasteiger partial charge in [-0.25, -0.2) is 4.98 Å². The molecule has 2 bridgehead atoms. The molecule has 1 amide bonds. The molecular weight excluding hydrogens is 254 g/mol. The topological polar surface area (TPSA) is 58.4 Å². The zero-order chi connectivity index (χ0) is 13.9. The Hall–Kier alpha value is -1.36. The van der Waals surface area contributed by atoms with Crippen LogP contribution >= 0.6 is 0 Å². The summed E-state index contributed by atoms with van der Waals surface area (Å²) < 4.78 is 1.90. The first kappa shape index (κ1) is 12.4. The molecule has 20 heavy (non-hydrogen) atoms. The molecule has 2 atom stereocenters. The number of carbonyl (C=O) groups is 1. The van der Waals surface area contributed by atoms with E-state index < -0.39 is 5.60 Å². The van der Waals surface area contributed by atoms with E-state index in [1.807, 2.05) is 17.8 Å². The highest BCUT2D eigenvalue weighted by molar-refractivity contribution is 5.82. The summed E-state index contributed by atoms with van der Waals surface area (Å²) in [5.74, 6) is 1.35. The number of amides is 1. The van der Waals surface area contributed by atoms with Gasteiger partial charge in [0.25, 0.3) is 0 Å². The van der Waals surface area contributed by atoms with Gasteiger partial charge >= 0.3 is 0 Å². The molecule has 5 heteroatoms. The van der Waals surface area contributed by atoms with Crippen molar-refractivity contribution < 1.29 is 9.90 Å². The maximum atomic E-state index is 12.4. The lowest BCUT2D eigenvalue weighted by Crippen LogP contribution is -2.53. The molecule has 2 aliphatic heterocycles. The van der Waals surface area contributed by atoms with Crippen molar-refractivity contribution in [2.75, 3.05) is 0 Å². The summed E-state index contributed by atoms with van der Waals surface area (Å²) >= 11 is 0. The molecule has 1 N–H and O–H groups in total. The van der Waals surface area contributed by atoms with Gasteiger partial charge in [0.15, 0.2) is 0 Å². The van der Waals surface area contributed by atoms with Gasteiger partial charge in [-0.05, 0) is 25.7 Å². The van der Waals surface area contributed by atoms with Gasteiger partial charge in [0.2, 0.25) is 5.91 Å². The number of piperidine rings is 1. The number of imidazole rings is 1. The van der Waals surface area contributed by atoms with Crippen LogP contribution in [-0.4, -0.2) is 37.5 Å². The van der Waals surface area contributed by atoms with E-state index in [9.17, 15) is 9.90 Å². The van der Waals surface area contributed by atoms with Crippen molar-refractivity contribution >= 4 is 5.91 Å². The fourth-order valence-electron chi connectivity index (χ4n) is 4.12. The molecule has 1 aromatic heterocycles. The average molecular weight is 275 g/mol. The minimum absolute atomic E-state index is 0.198.